The molecule has 0 amide bonds. The largest absolute Gasteiger partial charge is 0.453 e. The normalized spacial score (nSPS) is 38.7. The molecule has 0 unspecified atom stereocenters. The van der Waals surface area contributed by atoms with E-state index in [4.69, 9.17) is 23.7 Å². The number of aliphatic hydroxyl groups is 6. The molecular weight excluding hydrogens is 472 g/mol. The Balaban J connectivity index is 2.31. The molecule has 13 nitrogen and oxygen atoms in total. The Labute approximate surface area is 202 Å². The molecule has 0 spiro atoms. The van der Waals surface area contributed by atoms with Crippen LogP contribution in [0.2, 0.25) is 0 Å². The van der Waals surface area contributed by atoms with Crippen LogP contribution in [0.5, 0.6) is 0 Å². The monoisotopic (exact) mass is 506 g/mol. The minimum atomic E-state index is -1.81. The number of rotatable bonds is 8. The summed E-state index contributed by atoms with van der Waals surface area (Å²) in [6.07, 6.45) is -13.2. The van der Waals surface area contributed by atoms with Crippen LogP contribution in [0.4, 0.5) is 0 Å². The topological polar surface area (TPSA) is 202 Å². The Morgan fingerprint density at radius 3 is 1.66 bits per heavy atom. The third kappa shape index (κ3) is 6.64. The molecule has 0 bridgehead atoms. The van der Waals surface area contributed by atoms with E-state index < -0.39 is 86.6 Å². The van der Waals surface area contributed by atoms with Crippen LogP contribution >= 0.6 is 0 Å². The number of hydrogen-bond acceptors (Lipinski definition) is 13. The molecule has 0 radical (unpaired) electrons. The van der Waals surface area contributed by atoms with Gasteiger partial charge in [0.25, 0.3) is 0 Å². The first-order valence-electron chi connectivity index (χ1n) is 11.1. The highest BCUT2D eigenvalue weighted by atomic mass is 16.8. The van der Waals surface area contributed by atoms with Crippen molar-refractivity contribution in [1.82, 2.24) is 0 Å². The van der Waals surface area contributed by atoms with Crippen LogP contribution in [0.25, 0.3) is 0 Å². The molecule has 2 rings (SSSR count). The smallest absolute Gasteiger partial charge is 0.333 e. The third-order valence-electron chi connectivity index (χ3n) is 5.91. The number of carbonyl (C=O) groups is 2. The molecule has 0 aliphatic carbocycles. The van der Waals surface area contributed by atoms with Crippen molar-refractivity contribution < 1.29 is 63.9 Å². The molecule has 0 aromatic carbocycles. The van der Waals surface area contributed by atoms with Crippen LogP contribution < -0.4 is 0 Å². The van der Waals surface area contributed by atoms with Crippen LogP contribution in [0.3, 0.4) is 0 Å². The van der Waals surface area contributed by atoms with Crippen molar-refractivity contribution in [3.05, 3.63) is 23.3 Å². The summed E-state index contributed by atoms with van der Waals surface area (Å²) in [6.45, 7) is 4.61. The second-order valence-electron chi connectivity index (χ2n) is 8.23. The third-order valence-corrected chi connectivity index (χ3v) is 5.91. The summed E-state index contributed by atoms with van der Waals surface area (Å²) in [5, 5.41) is 61.1. The van der Waals surface area contributed by atoms with Crippen molar-refractivity contribution in [2.45, 2.75) is 89.1 Å². The Bertz CT molecular complexity index is 796. The van der Waals surface area contributed by atoms with Crippen molar-refractivity contribution in [3.8, 4) is 0 Å². The molecule has 2 aliphatic rings. The van der Waals surface area contributed by atoms with Gasteiger partial charge in [0.1, 0.15) is 36.6 Å². The molecule has 200 valence electrons. The number of aliphatic hydroxyl groups excluding tert-OH is 6. The number of ether oxygens (including phenoxy) is 5. The van der Waals surface area contributed by atoms with E-state index in [9.17, 15) is 40.2 Å². The van der Waals surface area contributed by atoms with Crippen LogP contribution in [0, 0.1) is 0 Å². The van der Waals surface area contributed by atoms with Gasteiger partial charge in [-0.3, -0.25) is 0 Å². The molecule has 35 heavy (non-hydrogen) atoms. The Kier molecular flexibility index (Phi) is 10.8. The fraction of sp³-hybridized carbons (Fsp3) is 0.727. The molecular formula is C22H34O13. The average Bonchev–Trinajstić information content (AvgIpc) is 2.85. The average molecular weight is 507 g/mol. The van der Waals surface area contributed by atoms with E-state index in [0.29, 0.717) is 0 Å². The highest BCUT2D eigenvalue weighted by Crippen LogP contribution is 2.31. The van der Waals surface area contributed by atoms with E-state index in [2.05, 4.69) is 0 Å². The van der Waals surface area contributed by atoms with Gasteiger partial charge in [-0.2, -0.15) is 0 Å². The molecule has 2 heterocycles. The van der Waals surface area contributed by atoms with Gasteiger partial charge in [-0.15, -0.1) is 0 Å². The lowest BCUT2D eigenvalue weighted by molar-refractivity contribution is -0.376. The number of allylic oxidation sites excluding steroid dienone is 2. The highest BCUT2D eigenvalue weighted by Gasteiger charge is 2.52. The second kappa shape index (κ2) is 12.9. The molecule has 0 aromatic heterocycles. The number of hydrogen-bond donors (Lipinski definition) is 6. The molecule has 13 heteroatoms. The van der Waals surface area contributed by atoms with Gasteiger partial charge in [0.15, 0.2) is 18.5 Å². The van der Waals surface area contributed by atoms with Gasteiger partial charge in [0.2, 0.25) is 6.29 Å². The first-order valence-corrected chi connectivity index (χ1v) is 11.1. The van der Waals surface area contributed by atoms with Crippen LogP contribution in [0.15, 0.2) is 23.3 Å². The lowest BCUT2D eigenvalue weighted by Gasteiger charge is -2.45. The minimum absolute atomic E-state index is 0.179. The van der Waals surface area contributed by atoms with Crippen LogP contribution in [0.1, 0.15) is 27.7 Å². The fourth-order valence-electron chi connectivity index (χ4n) is 3.40. The molecule has 6 N–H and O–H groups in total. The van der Waals surface area contributed by atoms with Gasteiger partial charge >= 0.3 is 11.9 Å². The lowest BCUT2D eigenvalue weighted by Crippen LogP contribution is -2.65. The zero-order chi connectivity index (χ0) is 26.4. The van der Waals surface area contributed by atoms with Crippen molar-refractivity contribution in [2.75, 3.05) is 13.2 Å². The Hall–Kier alpha value is -1.94. The Morgan fingerprint density at radius 2 is 1.17 bits per heavy atom. The molecule has 0 aromatic rings. The maximum absolute atomic E-state index is 12.3. The molecule has 0 saturated carbocycles. The predicted molar refractivity (Wildman–Crippen MR) is 115 cm³/mol. The summed E-state index contributed by atoms with van der Waals surface area (Å²) in [5.41, 5.74) is 0.372. The standard InChI is InChI=1S/C22H34O13/c1-5-9(3)19(29)33-17-14(26)12(8-24)31-21(16(17)28)35-22-18(34-20(30)10(4)6-2)15(27)13(25)11(7-23)32-22/h5-6,11-18,21-28H,7-8H2,1-4H3/b9-5-,10-6-/t11-,12+,13-,14+,15+,16+,17-,18-,21+,22-/m0/s1. The molecule has 2 saturated heterocycles. The summed E-state index contributed by atoms with van der Waals surface area (Å²) in [4.78, 5) is 24.5. The first-order chi connectivity index (χ1) is 16.5. The maximum atomic E-state index is 12.3. The molecule has 2 fully saturated rings. The SMILES string of the molecule is C/C=C(/C)C(=O)O[C@@H]1[C@@H](O)[C@@H](O[C@@H]2O[C@@H](CO)[C@H](O)[C@@H](O)[C@@H]2OC(=O)/C(C)=C\C)O[C@H](CO)[C@H]1O. The minimum Gasteiger partial charge on any atom is -0.453 e. The second-order valence-corrected chi connectivity index (χ2v) is 8.23. The first kappa shape index (κ1) is 29.3. The van der Waals surface area contributed by atoms with Crippen molar-refractivity contribution >= 4 is 11.9 Å². The lowest BCUT2D eigenvalue weighted by atomic mass is 9.97. The van der Waals surface area contributed by atoms with E-state index in [-0.39, 0.29) is 11.1 Å². The van der Waals surface area contributed by atoms with Crippen molar-refractivity contribution in [2.24, 2.45) is 0 Å². The summed E-state index contributed by atoms with van der Waals surface area (Å²) in [6, 6.07) is 0. The number of esters is 2. The molecule has 10 atom stereocenters. The zero-order valence-corrected chi connectivity index (χ0v) is 19.9. The summed E-state index contributed by atoms with van der Waals surface area (Å²) in [7, 11) is 0. The van der Waals surface area contributed by atoms with Gasteiger partial charge in [-0.1, -0.05) is 12.2 Å². The van der Waals surface area contributed by atoms with E-state index >= 15 is 0 Å². The van der Waals surface area contributed by atoms with Gasteiger partial charge in [-0.05, 0) is 27.7 Å². The van der Waals surface area contributed by atoms with E-state index in [1.165, 1.54) is 26.0 Å². The van der Waals surface area contributed by atoms with Crippen LogP contribution in [-0.2, 0) is 33.3 Å². The van der Waals surface area contributed by atoms with Gasteiger partial charge in [0.05, 0.1) is 13.2 Å². The van der Waals surface area contributed by atoms with E-state index in [1.54, 1.807) is 13.8 Å². The summed E-state index contributed by atoms with van der Waals surface area (Å²) >= 11 is 0. The zero-order valence-electron chi connectivity index (χ0n) is 19.9. The van der Waals surface area contributed by atoms with Gasteiger partial charge in [-0.25, -0.2) is 9.59 Å². The maximum Gasteiger partial charge on any atom is 0.333 e. The Morgan fingerprint density at radius 1 is 0.714 bits per heavy atom. The quantitative estimate of drug-likeness (QED) is 0.151. The van der Waals surface area contributed by atoms with Gasteiger partial charge < -0.3 is 54.3 Å². The predicted octanol–water partition coefficient (Wildman–Crippen LogP) is -2.36. The summed E-state index contributed by atoms with van der Waals surface area (Å²) in [5.74, 6) is -1.69. The van der Waals surface area contributed by atoms with Gasteiger partial charge in [0, 0.05) is 11.1 Å². The summed E-state index contributed by atoms with van der Waals surface area (Å²) < 4.78 is 26.9. The fourth-order valence-corrected chi connectivity index (χ4v) is 3.40. The van der Waals surface area contributed by atoms with Crippen molar-refractivity contribution in [3.63, 3.8) is 0 Å². The van der Waals surface area contributed by atoms with E-state index in [0.717, 1.165) is 0 Å². The highest BCUT2D eigenvalue weighted by molar-refractivity contribution is 5.88. The van der Waals surface area contributed by atoms with Crippen molar-refractivity contribution in [1.29, 1.82) is 0 Å². The molecule has 2 aliphatic heterocycles. The van der Waals surface area contributed by atoms with E-state index in [1.807, 2.05) is 0 Å². The number of carbonyl (C=O) groups excluding carboxylic acids is 2. The van der Waals surface area contributed by atoms with Crippen LogP contribution in [-0.4, -0.2) is 117 Å².